The quantitative estimate of drug-likeness (QED) is 0.445. The van der Waals surface area contributed by atoms with Crippen LogP contribution in [-0.2, 0) is 9.16 Å². The first kappa shape index (κ1) is 8.24. The molecule has 0 aliphatic carbocycles. The van der Waals surface area contributed by atoms with Crippen molar-refractivity contribution in [1.29, 1.82) is 0 Å². The van der Waals surface area contributed by atoms with Gasteiger partial charge in [-0.15, -0.1) is 0 Å². The zero-order valence-corrected chi connectivity index (χ0v) is 7.95. The molecule has 0 bridgehead atoms. The highest BCUT2D eigenvalue weighted by atomic mass is 28.3. The van der Waals surface area contributed by atoms with E-state index in [0.717, 1.165) is 13.2 Å². The largest absolute Gasteiger partial charge is 0.418 e. The molecule has 2 nitrogen and oxygen atoms in total. The van der Waals surface area contributed by atoms with Crippen molar-refractivity contribution >= 4 is 9.04 Å². The van der Waals surface area contributed by atoms with E-state index in [1.807, 2.05) is 0 Å². The summed E-state index contributed by atoms with van der Waals surface area (Å²) >= 11 is 0. The molecule has 1 fully saturated rings. The molecule has 1 rings (SSSR count). The van der Waals surface area contributed by atoms with Crippen molar-refractivity contribution in [3.05, 3.63) is 0 Å². The van der Waals surface area contributed by atoms with Crippen LogP contribution in [-0.4, -0.2) is 28.4 Å². The summed E-state index contributed by atoms with van der Waals surface area (Å²) in [6.45, 7) is 6.24. The highest BCUT2D eigenvalue weighted by molar-refractivity contribution is 6.50. The number of hydrogen-bond donors (Lipinski definition) is 0. The van der Waals surface area contributed by atoms with E-state index in [1.165, 1.54) is 12.5 Å². The maximum absolute atomic E-state index is 5.62. The van der Waals surface area contributed by atoms with Crippen molar-refractivity contribution in [3.8, 4) is 0 Å². The van der Waals surface area contributed by atoms with E-state index in [1.54, 1.807) is 0 Å². The molecular weight excluding hydrogens is 144 g/mol. The predicted molar refractivity (Wildman–Crippen MR) is 43.8 cm³/mol. The molecule has 0 aromatic rings. The summed E-state index contributed by atoms with van der Waals surface area (Å²) in [6, 6.07) is 1.30. The van der Waals surface area contributed by atoms with Crippen molar-refractivity contribution in [2.75, 3.05) is 13.2 Å². The molecule has 0 aromatic carbocycles. The predicted octanol–water partition coefficient (Wildman–Crippen LogP) is 1.17. The zero-order valence-electron chi connectivity index (χ0n) is 6.80. The Labute approximate surface area is 64.3 Å². The fourth-order valence-corrected chi connectivity index (χ4v) is 2.45. The minimum absolute atomic E-state index is 0.451. The van der Waals surface area contributed by atoms with Crippen LogP contribution in [0.2, 0.25) is 12.6 Å². The van der Waals surface area contributed by atoms with Gasteiger partial charge < -0.3 is 9.16 Å². The van der Waals surface area contributed by atoms with Gasteiger partial charge in [-0.1, -0.05) is 13.3 Å². The van der Waals surface area contributed by atoms with Crippen LogP contribution in [0.25, 0.3) is 0 Å². The van der Waals surface area contributed by atoms with Gasteiger partial charge in [0.1, 0.15) is 6.10 Å². The van der Waals surface area contributed by atoms with Gasteiger partial charge in [-0.3, -0.25) is 0 Å². The van der Waals surface area contributed by atoms with E-state index >= 15 is 0 Å². The van der Waals surface area contributed by atoms with E-state index < -0.39 is 9.04 Å². The van der Waals surface area contributed by atoms with Crippen molar-refractivity contribution < 1.29 is 9.16 Å². The van der Waals surface area contributed by atoms with Crippen LogP contribution in [0.15, 0.2) is 0 Å². The monoisotopic (exact) mass is 160 g/mol. The highest BCUT2D eigenvalue weighted by Crippen LogP contribution is 2.10. The number of hydrogen-bond acceptors (Lipinski definition) is 2. The normalized spacial score (nSPS) is 26.4. The molecule has 3 heteroatoms. The first-order valence-corrected chi connectivity index (χ1v) is 6.50. The van der Waals surface area contributed by atoms with Gasteiger partial charge in [-0.05, 0) is 12.6 Å². The third kappa shape index (κ3) is 3.34. The van der Waals surface area contributed by atoms with Gasteiger partial charge >= 0.3 is 0 Å². The maximum atomic E-state index is 5.62. The molecule has 2 unspecified atom stereocenters. The average Bonchev–Trinajstić information content (AvgIpc) is 2.67. The Balaban J connectivity index is 1.89. The van der Waals surface area contributed by atoms with E-state index in [0.29, 0.717) is 6.10 Å². The second kappa shape index (κ2) is 4.11. The molecule has 0 aromatic heterocycles. The first-order valence-electron chi connectivity index (χ1n) is 4.06. The van der Waals surface area contributed by atoms with E-state index in [2.05, 4.69) is 13.5 Å². The fourth-order valence-electron chi connectivity index (χ4n) is 0.926. The van der Waals surface area contributed by atoms with Crippen LogP contribution in [0.1, 0.15) is 13.3 Å². The lowest BCUT2D eigenvalue weighted by molar-refractivity contribution is 0.264. The van der Waals surface area contributed by atoms with Crippen LogP contribution in [0.3, 0.4) is 0 Å². The van der Waals surface area contributed by atoms with Crippen LogP contribution in [0.5, 0.6) is 0 Å². The number of epoxide rings is 1. The van der Waals surface area contributed by atoms with Crippen molar-refractivity contribution in [3.63, 3.8) is 0 Å². The summed E-state index contributed by atoms with van der Waals surface area (Å²) in [4.78, 5) is 0. The Hall–Kier alpha value is 0.137. The molecule has 10 heavy (non-hydrogen) atoms. The summed E-state index contributed by atoms with van der Waals surface area (Å²) in [6.07, 6.45) is 1.71. The second-order valence-corrected chi connectivity index (χ2v) is 5.42. The lowest BCUT2D eigenvalue weighted by atomic mass is 10.5. The van der Waals surface area contributed by atoms with E-state index in [4.69, 9.17) is 9.16 Å². The van der Waals surface area contributed by atoms with Crippen molar-refractivity contribution in [1.82, 2.24) is 0 Å². The molecule has 0 amide bonds. The van der Waals surface area contributed by atoms with Gasteiger partial charge in [0.15, 0.2) is 9.04 Å². The van der Waals surface area contributed by atoms with Gasteiger partial charge in [0.2, 0.25) is 0 Å². The maximum Gasteiger partial charge on any atom is 0.174 e. The minimum atomic E-state index is -0.798. The van der Waals surface area contributed by atoms with Crippen LogP contribution in [0, 0.1) is 0 Å². The second-order valence-electron chi connectivity index (χ2n) is 2.89. The molecule has 1 aliphatic rings. The Bertz CT molecular complexity index is 93.6. The summed E-state index contributed by atoms with van der Waals surface area (Å²) in [5.74, 6) is 0. The van der Waals surface area contributed by atoms with Crippen molar-refractivity contribution in [2.45, 2.75) is 32.0 Å². The topological polar surface area (TPSA) is 21.8 Å². The smallest absolute Gasteiger partial charge is 0.174 e. The molecule has 1 heterocycles. The third-order valence-electron chi connectivity index (χ3n) is 1.66. The van der Waals surface area contributed by atoms with E-state index in [-0.39, 0.29) is 0 Å². The molecular formula is C7H16O2Si. The summed E-state index contributed by atoms with van der Waals surface area (Å²) in [5.41, 5.74) is 0. The molecule has 0 radical (unpaired) electrons. The van der Waals surface area contributed by atoms with Crippen LogP contribution < -0.4 is 0 Å². The van der Waals surface area contributed by atoms with Gasteiger partial charge in [0.25, 0.3) is 0 Å². The first-order chi connectivity index (χ1) is 4.83. The molecule has 2 atom stereocenters. The van der Waals surface area contributed by atoms with Crippen LogP contribution in [0.4, 0.5) is 0 Å². The van der Waals surface area contributed by atoms with Gasteiger partial charge in [0, 0.05) is 0 Å². The molecule has 0 spiro atoms. The Kier molecular flexibility index (Phi) is 3.38. The summed E-state index contributed by atoms with van der Waals surface area (Å²) in [7, 11) is -0.798. The molecule has 1 aliphatic heterocycles. The molecule has 0 saturated carbocycles. The summed E-state index contributed by atoms with van der Waals surface area (Å²) < 4.78 is 10.7. The Morgan fingerprint density at radius 2 is 2.40 bits per heavy atom. The average molecular weight is 160 g/mol. The Morgan fingerprint density at radius 3 is 2.90 bits per heavy atom. The van der Waals surface area contributed by atoms with Crippen LogP contribution >= 0.6 is 0 Å². The lowest BCUT2D eigenvalue weighted by Crippen LogP contribution is -2.15. The van der Waals surface area contributed by atoms with E-state index in [9.17, 15) is 0 Å². The van der Waals surface area contributed by atoms with Gasteiger partial charge in [0.05, 0.1) is 13.2 Å². The van der Waals surface area contributed by atoms with Gasteiger partial charge in [-0.25, -0.2) is 0 Å². The van der Waals surface area contributed by atoms with Gasteiger partial charge in [-0.2, -0.15) is 0 Å². The zero-order chi connectivity index (χ0) is 7.40. The minimum Gasteiger partial charge on any atom is -0.418 e. The molecule has 60 valence electrons. The molecule has 0 N–H and O–H groups in total. The standard InChI is InChI=1S/C7H16O2Si/c1-3-4-10(2)9-6-7-5-8-7/h7,10H,3-6H2,1-2H3. The SMILES string of the molecule is CCC[SiH](C)OCC1CO1. The fraction of sp³-hybridized carbons (Fsp3) is 1.00. The number of ether oxygens (including phenoxy) is 1. The lowest BCUT2D eigenvalue weighted by Gasteiger charge is -2.07. The summed E-state index contributed by atoms with van der Waals surface area (Å²) in [5, 5.41) is 0. The number of rotatable bonds is 5. The Morgan fingerprint density at radius 1 is 1.70 bits per heavy atom. The molecule has 1 saturated heterocycles. The highest BCUT2D eigenvalue weighted by Gasteiger charge is 2.23. The third-order valence-corrected chi connectivity index (χ3v) is 3.82. The van der Waals surface area contributed by atoms with Crippen molar-refractivity contribution in [2.24, 2.45) is 0 Å².